The zero-order chi connectivity index (χ0) is 13.7. The summed E-state index contributed by atoms with van der Waals surface area (Å²) in [6.07, 6.45) is 4.69. The van der Waals surface area contributed by atoms with Gasteiger partial charge in [-0.1, -0.05) is 35.5 Å². The Morgan fingerprint density at radius 3 is 2.79 bits per heavy atom. The third-order valence-electron chi connectivity index (χ3n) is 2.80. The van der Waals surface area contributed by atoms with Crippen molar-refractivity contribution in [3.63, 3.8) is 0 Å². The molecule has 1 unspecified atom stereocenters. The summed E-state index contributed by atoms with van der Waals surface area (Å²) in [5.41, 5.74) is 1.77. The van der Waals surface area contributed by atoms with Crippen molar-refractivity contribution in [1.82, 2.24) is 15.0 Å². The van der Waals surface area contributed by atoms with E-state index in [0.29, 0.717) is 5.69 Å². The van der Waals surface area contributed by atoms with Crippen LogP contribution >= 0.6 is 0 Å². The summed E-state index contributed by atoms with van der Waals surface area (Å²) in [6, 6.07) is 10.1. The molecule has 0 radical (unpaired) electrons. The summed E-state index contributed by atoms with van der Waals surface area (Å²) in [5.74, 6) is -0.411. The highest BCUT2D eigenvalue weighted by atomic mass is 16.5. The number of carbonyl (C=O) groups excluding carboxylic acids is 1. The van der Waals surface area contributed by atoms with Gasteiger partial charge in [-0.15, -0.1) is 5.10 Å². The fourth-order valence-corrected chi connectivity index (χ4v) is 1.66. The van der Waals surface area contributed by atoms with Gasteiger partial charge in [-0.05, 0) is 18.6 Å². The summed E-state index contributed by atoms with van der Waals surface area (Å²) in [7, 11) is 1.33. The van der Waals surface area contributed by atoms with Crippen LogP contribution in [0, 0.1) is 0 Å². The van der Waals surface area contributed by atoms with Crippen LogP contribution < -0.4 is 0 Å². The molecule has 0 spiro atoms. The molecule has 0 aliphatic heterocycles. The van der Waals surface area contributed by atoms with Crippen molar-refractivity contribution >= 4 is 12.0 Å². The third kappa shape index (κ3) is 3.28. The van der Waals surface area contributed by atoms with E-state index in [1.165, 1.54) is 13.2 Å². The third-order valence-corrected chi connectivity index (χ3v) is 2.80. The number of aromatic nitrogens is 3. The average molecular weight is 257 g/mol. The van der Waals surface area contributed by atoms with Gasteiger partial charge in [-0.25, -0.2) is 9.48 Å². The molecule has 0 amide bonds. The first-order chi connectivity index (χ1) is 9.20. The molecule has 0 aliphatic rings. The van der Waals surface area contributed by atoms with E-state index in [9.17, 15) is 4.79 Å². The number of benzene rings is 1. The fourth-order valence-electron chi connectivity index (χ4n) is 1.66. The van der Waals surface area contributed by atoms with Crippen LogP contribution in [-0.4, -0.2) is 28.1 Å². The Kier molecular flexibility index (Phi) is 4.07. The minimum atomic E-state index is -0.411. The maximum Gasteiger partial charge on any atom is 0.330 e. The molecule has 1 aromatic carbocycles. The topological polar surface area (TPSA) is 57.0 Å². The van der Waals surface area contributed by atoms with Gasteiger partial charge in [0.2, 0.25) is 0 Å². The molecule has 2 rings (SSSR count). The van der Waals surface area contributed by atoms with Crippen LogP contribution in [0.25, 0.3) is 6.08 Å². The van der Waals surface area contributed by atoms with Crippen LogP contribution in [0.2, 0.25) is 0 Å². The van der Waals surface area contributed by atoms with Crippen LogP contribution in [-0.2, 0) is 9.53 Å². The highest BCUT2D eigenvalue weighted by molar-refractivity contribution is 5.86. The smallest absolute Gasteiger partial charge is 0.330 e. The van der Waals surface area contributed by atoms with E-state index in [4.69, 9.17) is 0 Å². The minimum Gasteiger partial charge on any atom is -0.466 e. The SMILES string of the molecule is COC(=O)/C=C/c1cn(C(C)c2ccccc2)nn1. The Labute approximate surface area is 111 Å². The average Bonchev–Trinajstić information content (AvgIpc) is 2.93. The lowest BCUT2D eigenvalue weighted by Crippen LogP contribution is -2.07. The predicted octanol–water partition coefficient (Wildman–Crippen LogP) is 2.07. The van der Waals surface area contributed by atoms with Crippen molar-refractivity contribution in [2.24, 2.45) is 0 Å². The Bertz CT molecular complexity index is 575. The van der Waals surface area contributed by atoms with Gasteiger partial charge < -0.3 is 4.74 Å². The first-order valence-electron chi connectivity index (χ1n) is 5.93. The lowest BCUT2D eigenvalue weighted by atomic mass is 10.1. The van der Waals surface area contributed by atoms with Gasteiger partial charge in [0, 0.05) is 6.08 Å². The molecule has 0 fully saturated rings. The van der Waals surface area contributed by atoms with Gasteiger partial charge in [0.05, 0.1) is 19.3 Å². The molecule has 0 saturated heterocycles. The number of ether oxygens (including phenoxy) is 1. The minimum absolute atomic E-state index is 0.0916. The molecular weight excluding hydrogens is 242 g/mol. The monoisotopic (exact) mass is 257 g/mol. The van der Waals surface area contributed by atoms with Crippen molar-refractivity contribution in [1.29, 1.82) is 0 Å². The van der Waals surface area contributed by atoms with Gasteiger partial charge in [0.1, 0.15) is 5.69 Å². The normalized spacial score (nSPS) is 12.5. The number of methoxy groups -OCH3 is 1. The molecule has 1 atom stereocenters. The van der Waals surface area contributed by atoms with Gasteiger partial charge in [0.15, 0.2) is 0 Å². The largest absolute Gasteiger partial charge is 0.466 e. The molecule has 0 aliphatic carbocycles. The number of nitrogens with zero attached hydrogens (tertiary/aromatic N) is 3. The predicted molar refractivity (Wildman–Crippen MR) is 71.3 cm³/mol. The lowest BCUT2D eigenvalue weighted by Gasteiger charge is -2.10. The van der Waals surface area contributed by atoms with E-state index in [2.05, 4.69) is 15.0 Å². The molecular formula is C14H15N3O2. The first kappa shape index (κ1) is 13.0. The van der Waals surface area contributed by atoms with Crippen molar-refractivity contribution in [3.05, 3.63) is 53.9 Å². The van der Waals surface area contributed by atoms with Gasteiger partial charge >= 0.3 is 5.97 Å². The quantitative estimate of drug-likeness (QED) is 0.621. The van der Waals surface area contributed by atoms with Crippen molar-refractivity contribution in [2.45, 2.75) is 13.0 Å². The van der Waals surface area contributed by atoms with Crippen LogP contribution in [0.1, 0.15) is 24.2 Å². The summed E-state index contributed by atoms with van der Waals surface area (Å²) >= 11 is 0. The van der Waals surface area contributed by atoms with Gasteiger partial charge in [-0.2, -0.15) is 0 Å². The van der Waals surface area contributed by atoms with Gasteiger partial charge in [-0.3, -0.25) is 0 Å². The second kappa shape index (κ2) is 5.95. The zero-order valence-electron chi connectivity index (χ0n) is 10.9. The molecule has 5 heteroatoms. The standard InChI is InChI=1S/C14H15N3O2/c1-11(12-6-4-3-5-7-12)17-10-13(15-16-17)8-9-14(18)19-2/h3-11H,1-2H3/b9-8+. The number of esters is 1. The van der Waals surface area contributed by atoms with Crippen LogP contribution in [0.15, 0.2) is 42.6 Å². The van der Waals surface area contributed by atoms with Crippen molar-refractivity contribution in [3.8, 4) is 0 Å². The maximum absolute atomic E-state index is 11.0. The number of rotatable bonds is 4. The van der Waals surface area contributed by atoms with Crippen LogP contribution in [0.3, 0.4) is 0 Å². The zero-order valence-corrected chi connectivity index (χ0v) is 10.9. The summed E-state index contributed by atoms with van der Waals surface area (Å²) in [6.45, 7) is 2.04. The number of carbonyl (C=O) groups is 1. The van der Waals surface area contributed by atoms with Crippen molar-refractivity contribution in [2.75, 3.05) is 7.11 Å². The molecule has 98 valence electrons. The van der Waals surface area contributed by atoms with E-state index >= 15 is 0 Å². The van der Waals surface area contributed by atoms with E-state index < -0.39 is 5.97 Å². The first-order valence-corrected chi connectivity index (χ1v) is 5.93. The maximum atomic E-state index is 11.0. The molecule has 0 bridgehead atoms. The summed E-state index contributed by atoms with van der Waals surface area (Å²) < 4.78 is 6.27. The Morgan fingerprint density at radius 2 is 2.11 bits per heavy atom. The Hall–Kier alpha value is -2.43. The summed E-state index contributed by atoms with van der Waals surface area (Å²) in [4.78, 5) is 11.0. The van der Waals surface area contributed by atoms with E-state index in [1.54, 1.807) is 17.0 Å². The number of hydrogen-bond acceptors (Lipinski definition) is 4. The van der Waals surface area contributed by atoms with Crippen molar-refractivity contribution < 1.29 is 9.53 Å². The molecule has 0 saturated carbocycles. The molecule has 5 nitrogen and oxygen atoms in total. The van der Waals surface area contributed by atoms with Gasteiger partial charge in [0.25, 0.3) is 0 Å². The van der Waals surface area contributed by atoms with Crippen LogP contribution in [0.4, 0.5) is 0 Å². The second-order valence-electron chi connectivity index (χ2n) is 4.07. The molecule has 19 heavy (non-hydrogen) atoms. The Morgan fingerprint density at radius 1 is 1.37 bits per heavy atom. The number of hydrogen-bond donors (Lipinski definition) is 0. The molecule has 1 heterocycles. The second-order valence-corrected chi connectivity index (χ2v) is 4.07. The highest BCUT2D eigenvalue weighted by Crippen LogP contribution is 2.16. The van der Waals surface area contributed by atoms with Crippen LogP contribution in [0.5, 0.6) is 0 Å². The molecule has 2 aromatic rings. The van der Waals surface area contributed by atoms with E-state index in [-0.39, 0.29) is 6.04 Å². The molecule has 0 N–H and O–H groups in total. The van der Waals surface area contributed by atoms with E-state index in [0.717, 1.165) is 5.56 Å². The summed E-state index contributed by atoms with van der Waals surface area (Å²) in [5, 5.41) is 8.05. The lowest BCUT2D eigenvalue weighted by molar-refractivity contribution is -0.134. The highest BCUT2D eigenvalue weighted by Gasteiger charge is 2.08. The Balaban J connectivity index is 2.13. The molecule has 1 aromatic heterocycles. The fraction of sp³-hybridized carbons (Fsp3) is 0.214. The van der Waals surface area contributed by atoms with E-state index in [1.807, 2.05) is 37.3 Å².